The molecule has 0 spiro atoms. The smallest absolute Gasteiger partial charge is 0.276 e. The Balaban J connectivity index is 1.61. The van der Waals surface area contributed by atoms with Crippen LogP contribution in [0, 0.1) is 0 Å². The van der Waals surface area contributed by atoms with Crippen LogP contribution in [0.4, 0.5) is 0 Å². The molecule has 3 rings (SSSR count). The zero-order chi connectivity index (χ0) is 15.6. The first kappa shape index (κ1) is 15.9. The highest BCUT2D eigenvalue weighted by Crippen LogP contribution is 2.29. The molecular formula is C14H25N5O2S. The van der Waals surface area contributed by atoms with E-state index in [9.17, 15) is 8.42 Å². The van der Waals surface area contributed by atoms with Crippen LogP contribution in [0.5, 0.6) is 0 Å². The van der Waals surface area contributed by atoms with Gasteiger partial charge in [0.2, 0.25) is 0 Å². The summed E-state index contributed by atoms with van der Waals surface area (Å²) >= 11 is 0. The van der Waals surface area contributed by atoms with Crippen LogP contribution in [0.25, 0.3) is 0 Å². The molecule has 8 heteroatoms. The predicted octanol–water partition coefficient (Wildman–Crippen LogP) is 0.890. The molecule has 1 saturated carbocycles. The molecule has 124 valence electrons. The zero-order valence-electron chi connectivity index (χ0n) is 13.1. The second-order valence-electron chi connectivity index (χ2n) is 6.40. The molecule has 1 aromatic rings. The minimum absolute atomic E-state index is 0.0188. The molecular weight excluding hydrogens is 302 g/mol. The van der Waals surface area contributed by atoms with Gasteiger partial charge < -0.3 is 4.57 Å². The molecule has 1 N–H and O–H groups in total. The summed E-state index contributed by atoms with van der Waals surface area (Å²) in [5, 5.41) is 7.31. The van der Waals surface area contributed by atoms with E-state index in [1.54, 1.807) is 7.05 Å². The van der Waals surface area contributed by atoms with Crippen molar-refractivity contribution in [3.05, 3.63) is 6.33 Å². The Hall–Kier alpha value is -0.990. The van der Waals surface area contributed by atoms with E-state index >= 15 is 0 Å². The minimum atomic E-state index is -3.58. The van der Waals surface area contributed by atoms with Crippen LogP contribution in [0.2, 0.25) is 0 Å². The molecule has 1 saturated heterocycles. The van der Waals surface area contributed by atoms with Gasteiger partial charge in [0, 0.05) is 25.7 Å². The normalized spacial score (nSPS) is 24.9. The number of hydrogen-bond donors (Lipinski definition) is 1. The lowest BCUT2D eigenvalue weighted by Crippen LogP contribution is -2.46. The van der Waals surface area contributed by atoms with E-state index in [0.29, 0.717) is 18.6 Å². The Morgan fingerprint density at radius 1 is 1.23 bits per heavy atom. The maximum Gasteiger partial charge on any atom is 0.276 e. The molecule has 7 nitrogen and oxygen atoms in total. The number of aryl methyl sites for hydroxylation is 1. The standard InChI is InChI=1S/C14H25N5O2S/c1-18-11-15-17-14(18)22(20,21)16-10-13-8-5-9-19(13)12-6-3-2-4-7-12/h11-13,16H,2-10H2,1H3. The maximum absolute atomic E-state index is 12.3. The van der Waals surface area contributed by atoms with Gasteiger partial charge in [0.05, 0.1) is 0 Å². The summed E-state index contributed by atoms with van der Waals surface area (Å²) in [4.78, 5) is 2.53. The summed E-state index contributed by atoms with van der Waals surface area (Å²) in [6.07, 6.45) is 10.1. The van der Waals surface area contributed by atoms with Gasteiger partial charge in [-0.1, -0.05) is 19.3 Å². The van der Waals surface area contributed by atoms with Gasteiger partial charge in [0.15, 0.2) is 0 Å². The van der Waals surface area contributed by atoms with Crippen molar-refractivity contribution in [3.8, 4) is 0 Å². The van der Waals surface area contributed by atoms with Gasteiger partial charge in [-0.05, 0) is 32.2 Å². The summed E-state index contributed by atoms with van der Waals surface area (Å²) < 4.78 is 28.7. The van der Waals surface area contributed by atoms with Gasteiger partial charge >= 0.3 is 0 Å². The highest BCUT2D eigenvalue weighted by atomic mass is 32.2. The lowest BCUT2D eigenvalue weighted by atomic mass is 9.94. The van der Waals surface area contributed by atoms with E-state index in [0.717, 1.165) is 19.4 Å². The van der Waals surface area contributed by atoms with Crippen molar-refractivity contribution >= 4 is 10.0 Å². The van der Waals surface area contributed by atoms with Gasteiger partial charge in [0.1, 0.15) is 6.33 Å². The summed E-state index contributed by atoms with van der Waals surface area (Å²) in [5.41, 5.74) is 0. The first-order valence-electron chi connectivity index (χ1n) is 8.17. The highest BCUT2D eigenvalue weighted by Gasteiger charge is 2.32. The van der Waals surface area contributed by atoms with Crippen LogP contribution in [0.3, 0.4) is 0 Å². The largest absolute Gasteiger partial charge is 0.306 e. The molecule has 2 fully saturated rings. The van der Waals surface area contributed by atoms with Crippen molar-refractivity contribution < 1.29 is 8.42 Å². The fourth-order valence-corrected chi connectivity index (χ4v) is 4.88. The third-order valence-electron chi connectivity index (χ3n) is 4.89. The molecule has 1 aliphatic heterocycles. The number of likely N-dealkylation sites (tertiary alicyclic amines) is 1. The van der Waals surface area contributed by atoms with Crippen LogP contribution in [-0.4, -0.2) is 53.3 Å². The van der Waals surface area contributed by atoms with Crippen molar-refractivity contribution in [2.24, 2.45) is 7.05 Å². The first-order valence-corrected chi connectivity index (χ1v) is 9.65. The molecule has 0 radical (unpaired) electrons. The Kier molecular flexibility index (Phi) is 4.79. The average molecular weight is 327 g/mol. The van der Waals surface area contributed by atoms with Crippen LogP contribution < -0.4 is 4.72 Å². The number of aromatic nitrogens is 3. The quantitative estimate of drug-likeness (QED) is 0.869. The van der Waals surface area contributed by atoms with Gasteiger partial charge in [-0.3, -0.25) is 4.90 Å². The first-order chi connectivity index (χ1) is 10.6. The number of nitrogens with zero attached hydrogens (tertiary/aromatic N) is 4. The minimum Gasteiger partial charge on any atom is -0.306 e. The molecule has 0 aromatic carbocycles. The number of hydrogen-bond acceptors (Lipinski definition) is 5. The summed E-state index contributed by atoms with van der Waals surface area (Å²) in [7, 11) is -1.94. The van der Waals surface area contributed by atoms with Crippen molar-refractivity contribution in [2.75, 3.05) is 13.1 Å². The predicted molar refractivity (Wildman–Crippen MR) is 82.8 cm³/mol. The van der Waals surface area contributed by atoms with Crippen LogP contribution >= 0.6 is 0 Å². The van der Waals surface area contributed by atoms with Gasteiger partial charge in [-0.25, -0.2) is 13.1 Å². The Morgan fingerprint density at radius 2 is 2.00 bits per heavy atom. The van der Waals surface area contributed by atoms with E-state index in [1.165, 1.54) is 43.0 Å². The van der Waals surface area contributed by atoms with E-state index in [4.69, 9.17) is 0 Å². The molecule has 1 atom stereocenters. The summed E-state index contributed by atoms with van der Waals surface area (Å²) in [5.74, 6) is 0. The SMILES string of the molecule is Cn1cnnc1S(=O)(=O)NCC1CCCN1C1CCCCC1. The molecule has 0 amide bonds. The van der Waals surface area contributed by atoms with Crippen LogP contribution in [0.15, 0.2) is 11.5 Å². The fourth-order valence-electron chi connectivity index (χ4n) is 3.76. The van der Waals surface area contributed by atoms with Crippen molar-refractivity contribution in [2.45, 2.75) is 62.2 Å². The molecule has 1 aromatic heterocycles. The van der Waals surface area contributed by atoms with E-state index in [2.05, 4.69) is 19.8 Å². The number of nitrogens with one attached hydrogen (secondary N) is 1. The van der Waals surface area contributed by atoms with Gasteiger partial charge in [0.25, 0.3) is 15.2 Å². The van der Waals surface area contributed by atoms with E-state index < -0.39 is 10.0 Å². The molecule has 1 unspecified atom stereocenters. The van der Waals surface area contributed by atoms with Gasteiger partial charge in [-0.15, -0.1) is 10.2 Å². The second kappa shape index (κ2) is 6.64. The fraction of sp³-hybridized carbons (Fsp3) is 0.857. The van der Waals surface area contributed by atoms with E-state index in [1.807, 2.05) is 0 Å². The third kappa shape index (κ3) is 3.33. The van der Waals surface area contributed by atoms with Gasteiger partial charge in [-0.2, -0.15) is 0 Å². The third-order valence-corrected chi connectivity index (χ3v) is 6.28. The highest BCUT2D eigenvalue weighted by molar-refractivity contribution is 7.89. The molecule has 22 heavy (non-hydrogen) atoms. The number of rotatable bonds is 5. The second-order valence-corrected chi connectivity index (χ2v) is 8.06. The van der Waals surface area contributed by atoms with Crippen molar-refractivity contribution in [1.29, 1.82) is 0 Å². The zero-order valence-corrected chi connectivity index (χ0v) is 13.9. The maximum atomic E-state index is 12.3. The lowest BCUT2D eigenvalue weighted by Gasteiger charge is -2.35. The van der Waals surface area contributed by atoms with E-state index in [-0.39, 0.29) is 5.16 Å². The molecule has 2 heterocycles. The van der Waals surface area contributed by atoms with Crippen LogP contribution in [-0.2, 0) is 17.1 Å². The van der Waals surface area contributed by atoms with Crippen molar-refractivity contribution in [3.63, 3.8) is 0 Å². The Morgan fingerprint density at radius 3 is 2.68 bits per heavy atom. The lowest BCUT2D eigenvalue weighted by molar-refractivity contribution is 0.143. The summed E-state index contributed by atoms with van der Waals surface area (Å²) in [6, 6.07) is 0.951. The Bertz CT molecular complexity index is 594. The molecule has 0 bridgehead atoms. The van der Waals surface area contributed by atoms with Crippen LogP contribution in [0.1, 0.15) is 44.9 Å². The number of sulfonamides is 1. The molecule has 2 aliphatic rings. The average Bonchev–Trinajstić information content (AvgIpc) is 3.15. The summed E-state index contributed by atoms with van der Waals surface area (Å²) in [6.45, 7) is 1.56. The monoisotopic (exact) mass is 327 g/mol. The topological polar surface area (TPSA) is 80.1 Å². The Labute approximate surface area is 132 Å². The molecule has 1 aliphatic carbocycles. The van der Waals surface area contributed by atoms with Crippen molar-refractivity contribution in [1.82, 2.24) is 24.4 Å².